The van der Waals surface area contributed by atoms with Gasteiger partial charge in [0.25, 0.3) is 5.91 Å². The SMILES string of the molecule is CC(C)(C)c1ccc(C(=O)NCCC(=O)NCc2ccc3c(c2)CNC3)cc1. The smallest absolute Gasteiger partial charge is 0.251 e. The molecule has 0 saturated heterocycles. The molecule has 0 aliphatic carbocycles. The Labute approximate surface area is 166 Å². The van der Waals surface area contributed by atoms with Gasteiger partial charge in [-0.15, -0.1) is 0 Å². The largest absolute Gasteiger partial charge is 0.352 e. The first-order valence-corrected chi connectivity index (χ1v) is 9.80. The van der Waals surface area contributed by atoms with E-state index >= 15 is 0 Å². The van der Waals surface area contributed by atoms with Crippen LogP contribution in [0.2, 0.25) is 0 Å². The number of rotatable bonds is 6. The minimum absolute atomic E-state index is 0.0580. The molecule has 0 atom stereocenters. The zero-order valence-corrected chi connectivity index (χ0v) is 16.9. The lowest BCUT2D eigenvalue weighted by atomic mass is 9.87. The Morgan fingerprint density at radius 2 is 1.68 bits per heavy atom. The van der Waals surface area contributed by atoms with Crippen LogP contribution in [0.4, 0.5) is 0 Å². The fourth-order valence-electron chi connectivity index (χ4n) is 3.26. The highest BCUT2D eigenvalue weighted by Gasteiger charge is 2.14. The Morgan fingerprint density at radius 1 is 0.964 bits per heavy atom. The maximum Gasteiger partial charge on any atom is 0.251 e. The molecule has 0 bridgehead atoms. The Balaban J connectivity index is 1.40. The monoisotopic (exact) mass is 379 g/mol. The highest BCUT2D eigenvalue weighted by molar-refractivity contribution is 5.94. The second-order valence-electron chi connectivity index (χ2n) is 8.32. The summed E-state index contributed by atoms with van der Waals surface area (Å²) >= 11 is 0. The maximum atomic E-state index is 12.2. The van der Waals surface area contributed by atoms with E-state index in [2.05, 4.69) is 54.9 Å². The number of hydrogen-bond donors (Lipinski definition) is 3. The third kappa shape index (κ3) is 5.20. The van der Waals surface area contributed by atoms with Crippen molar-refractivity contribution in [3.63, 3.8) is 0 Å². The predicted molar refractivity (Wildman–Crippen MR) is 111 cm³/mol. The summed E-state index contributed by atoms with van der Waals surface area (Å²) < 4.78 is 0. The first-order valence-electron chi connectivity index (χ1n) is 9.80. The lowest BCUT2D eigenvalue weighted by molar-refractivity contribution is -0.121. The average Bonchev–Trinajstić information content (AvgIpc) is 3.13. The normalized spacial score (nSPS) is 13.1. The molecule has 3 N–H and O–H groups in total. The van der Waals surface area contributed by atoms with Crippen LogP contribution in [0.15, 0.2) is 42.5 Å². The van der Waals surface area contributed by atoms with Gasteiger partial charge in [0.1, 0.15) is 0 Å². The van der Waals surface area contributed by atoms with E-state index < -0.39 is 0 Å². The predicted octanol–water partition coefficient (Wildman–Crippen LogP) is 3.02. The number of amides is 2. The fourth-order valence-corrected chi connectivity index (χ4v) is 3.26. The van der Waals surface area contributed by atoms with Crippen LogP contribution in [0.25, 0.3) is 0 Å². The zero-order chi connectivity index (χ0) is 20.1. The van der Waals surface area contributed by atoms with Gasteiger partial charge < -0.3 is 16.0 Å². The van der Waals surface area contributed by atoms with Gasteiger partial charge in [0.15, 0.2) is 0 Å². The molecule has 148 valence electrons. The van der Waals surface area contributed by atoms with E-state index in [1.54, 1.807) is 0 Å². The number of carbonyl (C=O) groups is 2. The summed E-state index contributed by atoms with van der Waals surface area (Å²) in [5.41, 5.74) is 5.58. The third-order valence-electron chi connectivity index (χ3n) is 5.04. The van der Waals surface area contributed by atoms with Gasteiger partial charge >= 0.3 is 0 Å². The van der Waals surface area contributed by atoms with E-state index in [9.17, 15) is 9.59 Å². The van der Waals surface area contributed by atoms with Crippen LogP contribution < -0.4 is 16.0 Å². The molecular weight excluding hydrogens is 350 g/mol. The molecule has 1 aliphatic heterocycles. The minimum atomic E-state index is -0.153. The molecule has 0 fully saturated rings. The van der Waals surface area contributed by atoms with Crippen molar-refractivity contribution in [1.82, 2.24) is 16.0 Å². The molecule has 28 heavy (non-hydrogen) atoms. The summed E-state index contributed by atoms with van der Waals surface area (Å²) in [6.07, 6.45) is 0.262. The van der Waals surface area contributed by atoms with Crippen LogP contribution in [0.5, 0.6) is 0 Å². The quantitative estimate of drug-likeness (QED) is 0.723. The first-order chi connectivity index (χ1) is 13.3. The molecule has 3 rings (SSSR count). The lowest BCUT2D eigenvalue weighted by Gasteiger charge is -2.19. The van der Waals surface area contributed by atoms with E-state index in [1.165, 1.54) is 16.7 Å². The summed E-state index contributed by atoms with van der Waals surface area (Å²) in [6.45, 7) is 9.05. The summed E-state index contributed by atoms with van der Waals surface area (Å²) in [6, 6.07) is 13.9. The van der Waals surface area contributed by atoms with Crippen molar-refractivity contribution >= 4 is 11.8 Å². The van der Waals surface area contributed by atoms with Crippen LogP contribution in [0.3, 0.4) is 0 Å². The minimum Gasteiger partial charge on any atom is -0.352 e. The Morgan fingerprint density at radius 3 is 2.39 bits per heavy atom. The standard InChI is InChI=1S/C23H29N3O2/c1-23(2,3)20-8-6-17(7-9-20)22(28)25-11-10-21(27)26-13-16-4-5-18-14-24-15-19(18)12-16/h4-9,12,24H,10-11,13-15H2,1-3H3,(H,25,28)(H,26,27). The van der Waals surface area contributed by atoms with Gasteiger partial charge in [-0.3, -0.25) is 9.59 Å². The molecule has 0 aromatic heterocycles. The van der Waals surface area contributed by atoms with Gasteiger partial charge in [-0.1, -0.05) is 51.1 Å². The van der Waals surface area contributed by atoms with Crippen LogP contribution in [-0.4, -0.2) is 18.4 Å². The molecule has 1 aliphatic rings. The average molecular weight is 380 g/mol. The molecule has 1 heterocycles. The van der Waals surface area contributed by atoms with Gasteiger partial charge in [0.05, 0.1) is 0 Å². The van der Waals surface area contributed by atoms with Crippen LogP contribution >= 0.6 is 0 Å². The van der Waals surface area contributed by atoms with Gasteiger partial charge in [0, 0.05) is 38.2 Å². The van der Waals surface area contributed by atoms with Crippen LogP contribution in [0, 0.1) is 0 Å². The number of nitrogens with one attached hydrogen (secondary N) is 3. The van der Waals surface area contributed by atoms with E-state index in [4.69, 9.17) is 0 Å². The van der Waals surface area contributed by atoms with Crippen molar-refractivity contribution in [3.8, 4) is 0 Å². The van der Waals surface area contributed by atoms with Crippen molar-refractivity contribution in [3.05, 3.63) is 70.3 Å². The Bertz CT molecular complexity index is 851. The molecule has 2 aromatic carbocycles. The van der Waals surface area contributed by atoms with E-state index in [0.717, 1.165) is 18.7 Å². The van der Waals surface area contributed by atoms with Crippen LogP contribution in [0.1, 0.15) is 59.8 Å². The molecule has 2 amide bonds. The third-order valence-corrected chi connectivity index (χ3v) is 5.04. The van der Waals surface area contributed by atoms with Crippen LogP contribution in [-0.2, 0) is 29.8 Å². The van der Waals surface area contributed by atoms with E-state index in [0.29, 0.717) is 18.7 Å². The van der Waals surface area contributed by atoms with Crippen molar-refractivity contribution in [2.24, 2.45) is 0 Å². The number of benzene rings is 2. The number of fused-ring (bicyclic) bond motifs is 1. The maximum absolute atomic E-state index is 12.2. The second-order valence-corrected chi connectivity index (χ2v) is 8.32. The summed E-state index contributed by atoms with van der Waals surface area (Å²) in [7, 11) is 0. The number of carbonyl (C=O) groups excluding carboxylic acids is 2. The summed E-state index contributed by atoms with van der Waals surface area (Å²) in [5.74, 6) is -0.221. The lowest BCUT2D eigenvalue weighted by Crippen LogP contribution is -2.30. The molecule has 5 heteroatoms. The highest BCUT2D eigenvalue weighted by atomic mass is 16.2. The van der Waals surface area contributed by atoms with E-state index in [-0.39, 0.29) is 23.7 Å². The summed E-state index contributed by atoms with van der Waals surface area (Å²) in [4.78, 5) is 24.3. The van der Waals surface area contributed by atoms with E-state index in [1.807, 2.05) is 24.3 Å². The van der Waals surface area contributed by atoms with Crippen molar-refractivity contribution in [2.75, 3.05) is 6.54 Å². The Kier molecular flexibility index (Phi) is 6.15. The van der Waals surface area contributed by atoms with Crippen molar-refractivity contribution in [1.29, 1.82) is 0 Å². The zero-order valence-electron chi connectivity index (χ0n) is 16.9. The molecular formula is C23H29N3O2. The van der Waals surface area contributed by atoms with Crippen molar-refractivity contribution < 1.29 is 9.59 Å². The van der Waals surface area contributed by atoms with Gasteiger partial charge in [-0.25, -0.2) is 0 Å². The highest BCUT2D eigenvalue weighted by Crippen LogP contribution is 2.22. The molecule has 0 saturated carbocycles. The van der Waals surface area contributed by atoms with Crippen molar-refractivity contribution in [2.45, 2.75) is 52.2 Å². The van der Waals surface area contributed by atoms with Gasteiger partial charge in [-0.2, -0.15) is 0 Å². The topological polar surface area (TPSA) is 70.2 Å². The molecule has 2 aromatic rings. The first kappa shape index (κ1) is 20.1. The summed E-state index contributed by atoms with van der Waals surface area (Å²) in [5, 5.41) is 9.04. The molecule has 5 nitrogen and oxygen atoms in total. The number of hydrogen-bond acceptors (Lipinski definition) is 3. The van der Waals surface area contributed by atoms with Gasteiger partial charge in [-0.05, 0) is 39.8 Å². The Hall–Kier alpha value is -2.66. The molecule has 0 unspecified atom stereocenters. The van der Waals surface area contributed by atoms with Gasteiger partial charge in [0.2, 0.25) is 5.91 Å². The molecule has 0 radical (unpaired) electrons. The fraction of sp³-hybridized carbons (Fsp3) is 0.391. The second kappa shape index (κ2) is 8.57. The molecule has 0 spiro atoms.